The van der Waals surface area contributed by atoms with Gasteiger partial charge in [0.15, 0.2) is 0 Å². The highest BCUT2D eigenvalue weighted by molar-refractivity contribution is 7.11. The van der Waals surface area contributed by atoms with Crippen LogP contribution in [0, 0.1) is 0 Å². The molecule has 0 aliphatic heterocycles. The van der Waals surface area contributed by atoms with Gasteiger partial charge in [-0.2, -0.15) is 5.10 Å². The molecule has 0 saturated carbocycles. The number of thiazole rings is 1. The van der Waals surface area contributed by atoms with Gasteiger partial charge in [0, 0.05) is 24.7 Å². The third kappa shape index (κ3) is 4.42. The second-order valence-corrected chi connectivity index (χ2v) is 7.74. The summed E-state index contributed by atoms with van der Waals surface area (Å²) in [4.78, 5) is 6.31. The molecule has 0 aliphatic carbocycles. The Hall–Kier alpha value is -1.20. The summed E-state index contributed by atoms with van der Waals surface area (Å²) in [5, 5.41) is 5.74. The summed E-state index contributed by atoms with van der Waals surface area (Å²) >= 11 is 1.90. The first-order valence-corrected chi connectivity index (χ1v) is 9.48. The van der Waals surface area contributed by atoms with Crippen LogP contribution in [0.5, 0.6) is 0 Å². The number of aromatic nitrogens is 3. The average molecular weight is 335 g/mol. The van der Waals surface area contributed by atoms with Crippen molar-refractivity contribution in [3.63, 3.8) is 0 Å². The standard InChI is InChI=1S/C18H30N4S/c1-6-15-18(12(2)3)23-17(20-15)9-7-8-13(4)14-11-22(5)21-16(14)10-19/h11-13H,6-10,19H2,1-5H3. The van der Waals surface area contributed by atoms with Gasteiger partial charge >= 0.3 is 0 Å². The largest absolute Gasteiger partial charge is 0.325 e. The van der Waals surface area contributed by atoms with Crippen LogP contribution in [-0.4, -0.2) is 14.8 Å². The van der Waals surface area contributed by atoms with Gasteiger partial charge in [0.1, 0.15) is 0 Å². The normalized spacial score (nSPS) is 13.0. The Morgan fingerprint density at radius 1 is 1.26 bits per heavy atom. The van der Waals surface area contributed by atoms with Crippen molar-refractivity contribution in [3.05, 3.63) is 33.0 Å². The Morgan fingerprint density at radius 3 is 2.57 bits per heavy atom. The van der Waals surface area contributed by atoms with Gasteiger partial charge in [-0.05, 0) is 43.1 Å². The summed E-state index contributed by atoms with van der Waals surface area (Å²) in [5.41, 5.74) is 9.43. The number of aryl methyl sites for hydroxylation is 3. The zero-order valence-corrected chi connectivity index (χ0v) is 15.9. The summed E-state index contributed by atoms with van der Waals surface area (Å²) in [6.07, 6.45) is 6.54. The SMILES string of the molecule is CCc1nc(CCCC(C)c2cn(C)nc2CN)sc1C(C)C. The monoisotopic (exact) mass is 334 g/mol. The molecule has 0 fully saturated rings. The molecule has 2 N–H and O–H groups in total. The van der Waals surface area contributed by atoms with Crippen molar-refractivity contribution in [2.45, 2.75) is 71.8 Å². The zero-order chi connectivity index (χ0) is 17.0. The molecule has 4 nitrogen and oxygen atoms in total. The molecule has 0 spiro atoms. The zero-order valence-electron chi connectivity index (χ0n) is 15.1. The van der Waals surface area contributed by atoms with Gasteiger partial charge in [-0.15, -0.1) is 11.3 Å². The number of nitrogens with zero attached hydrogens (tertiary/aromatic N) is 3. The molecule has 128 valence electrons. The molecule has 0 aromatic carbocycles. The highest BCUT2D eigenvalue weighted by atomic mass is 32.1. The van der Waals surface area contributed by atoms with E-state index in [1.165, 1.54) is 21.1 Å². The summed E-state index contributed by atoms with van der Waals surface area (Å²) in [7, 11) is 1.96. The van der Waals surface area contributed by atoms with Crippen LogP contribution in [0.4, 0.5) is 0 Å². The highest BCUT2D eigenvalue weighted by Crippen LogP contribution is 2.29. The second-order valence-electron chi connectivity index (χ2n) is 6.63. The molecule has 2 aromatic rings. The molecule has 2 aromatic heterocycles. The lowest BCUT2D eigenvalue weighted by molar-refractivity contribution is 0.626. The third-order valence-corrected chi connectivity index (χ3v) is 5.78. The van der Waals surface area contributed by atoms with Crippen molar-refractivity contribution < 1.29 is 0 Å². The van der Waals surface area contributed by atoms with Crippen molar-refractivity contribution in [3.8, 4) is 0 Å². The Morgan fingerprint density at radius 2 is 2.00 bits per heavy atom. The Bertz CT molecular complexity index is 627. The minimum atomic E-state index is 0.498. The molecule has 2 heterocycles. The predicted molar refractivity (Wildman–Crippen MR) is 98.0 cm³/mol. The van der Waals surface area contributed by atoms with E-state index in [-0.39, 0.29) is 0 Å². The van der Waals surface area contributed by atoms with Crippen LogP contribution >= 0.6 is 11.3 Å². The highest BCUT2D eigenvalue weighted by Gasteiger charge is 2.15. The topological polar surface area (TPSA) is 56.7 Å². The summed E-state index contributed by atoms with van der Waals surface area (Å²) in [6.45, 7) is 9.51. The van der Waals surface area contributed by atoms with Crippen LogP contribution in [0.25, 0.3) is 0 Å². The molecule has 0 aliphatic rings. The lowest BCUT2D eigenvalue weighted by Crippen LogP contribution is -2.04. The van der Waals surface area contributed by atoms with E-state index in [9.17, 15) is 0 Å². The van der Waals surface area contributed by atoms with Gasteiger partial charge in [0.25, 0.3) is 0 Å². The van der Waals surface area contributed by atoms with Gasteiger partial charge in [-0.3, -0.25) is 4.68 Å². The molecule has 0 saturated heterocycles. The van der Waals surface area contributed by atoms with Gasteiger partial charge in [0.05, 0.1) is 16.4 Å². The first-order valence-electron chi connectivity index (χ1n) is 8.67. The smallest absolute Gasteiger partial charge is 0.0931 e. The second kappa shape index (κ2) is 8.06. The predicted octanol–water partition coefficient (Wildman–Crippen LogP) is 4.15. The fraction of sp³-hybridized carbons (Fsp3) is 0.667. The summed E-state index contributed by atoms with van der Waals surface area (Å²) < 4.78 is 1.87. The van der Waals surface area contributed by atoms with E-state index in [0.29, 0.717) is 18.4 Å². The maximum absolute atomic E-state index is 5.80. The molecule has 2 rings (SSSR count). The first kappa shape index (κ1) is 18.1. The van der Waals surface area contributed by atoms with E-state index in [0.717, 1.165) is 31.4 Å². The van der Waals surface area contributed by atoms with Gasteiger partial charge < -0.3 is 5.73 Å². The Balaban J connectivity index is 1.94. The Labute approximate surface area is 144 Å². The van der Waals surface area contributed by atoms with Gasteiger partial charge in [0.2, 0.25) is 0 Å². The van der Waals surface area contributed by atoms with Crippen molar-refractivity contribution in [1.82, 2.24) is 14.8 Å². The molecular formula is C18H30N4S. The minimum Gasteiger partial charge on any atom is -0.325 e. The number of hydrogen-bond acceptors (Lipinski definition) is 4. The van der Waals surface area contributed by atoms with Crippen LogP contribution < -0.4 is 5.73 Å². The van der Waals surface area contributed by atoms with E-state index in [2.05, 4.69) is 39.0 Å². The maximum atomic E-state index is 5.80. The minimum absolute atomic E-state index is 0.498. The van der Waals surface area contributed by atoms with Crippen LogP contribution in [0.3, 0.4) is 0 Å². The first-order chi connectivity index (χ1) is 11.0. The molecule has 1 atom stereocenters. The Kier molecular flexibility index (Phi) is 6.36. The van der Waals surface area contributed by atoms with E-state index in [1.807, 2.05) is 23.1 Å². The molecule has 0 bridgehead atoms. The number of rotatable bonds is 8. The molecule has 0 amide bonds. The fourth-order valence-electron chi connectivity index (χ4n) is 3.06. The summed E-state index contributed by atoms with van der Waals surface area (Å²) in [6, 6.07) is 0. The quantitative estimate of drug-likeness (QED) is 0.789. The molecule has 1 unspecified atom stereocenters. The van der Waals surface area contributed by atoms with Crippen LogP contribution in [0.15, 0.2) is 6.20 Å². The maximum Gasteiger partial charge on any atom is 0.0931 e. The molecule has 5 heteroatoms. The molecule has 0 radical (unpaired) electrons. The van der Waals surface area contributed by atoms with Crippen molar-refractivity contribution in [2.24, 2.45) is 12.8 Å². The lowest BCUT2D eigenvalue weighted by Gasteiger charge is -2.10. The summed E-state index contributed by atoms with van der Waals surface area (Å²) in [5.74, 6) is 1.08. The number of hydrogen-bond donors (Lipinski definition) is 1. The van der Waals surface area contributed by atoms with Crippen LogP contribution in [-0.2, 0) is 26.4 Å². The lowest BCUT2D eigenvalue weighted by atomic mass is 9.96. The van der Waals surface area contributed by atoms with Gasteiger partial charge in [-0.1, -0.05) is 27.7 Å². The van der Waals surface area contributed by atoms with Crippen LogP contribution in [0.2, 0.25) is 0 Å². The van der Waals surface area contributed by atoms with E-state index >= 15 is 0 Å². The van der Waals surface area contributed by atoms with Gasteiger partial charge in [-0.25, -0.2) is 4.98 Å². The van der Waals surface area contributed by atoms with Crippen molar-refractivity contribution in [1.29, 1.82) is 0 Å². The van der Waals surface area contributed by atoms with Crippen LogP contribution in [0.1, 0.15) is 79.2 Å². The third-order valence-electron chi connectivity index (χ3n) is 4.32. The fourth-order valence-corrected chi connectivity index (χ4v) is 4.26. The van der Waals surface area contributed by atoms with Crippen molar-refractivity contribution >= 4 is 11.3 Å². The van der Waals surface area contributed by atoms with E-state index in [4.69, 9.17) is 10.7 Å². The van der Waals surface area contributed by atoms with E-state index < -0.39 is 0 Å². The average Bonchev–Trinajstić information content (AvgIpc) is 3.10. The molecule has 23 heavy (non-hydrogen) atoms. The molecular weight excluding hydrogens is 304 g/mol. The van der Waals surface area contributed by atoms with Crippen molar-refractivity contribution in [2.75, 3.05) is 0 Å². The number of nitrogens with two attached hydrogens (primary N) is 1. The van der Waals surface area contributed by atoms with E-state index in [1.54, 1.807) is 0 Å².